The van der Waals surface area contributed by atoms with Gasteiger partial charge in [-0.15, -0.1) is 0 Å². The summed E-state index contributed by atoms with van der Waals surface area (Å²) in [6, 6.07) is 14.2. The number of benzene rings is 2. The first-order valence-electron chi connectivity index (χ1n) is 11.4. The first-order chi connectivity index (χ1) is 16.0. The predicted octanol–water partition coefficient (Wildman–Crippen LogP) is 5.70. The van der Waals surface area contributed by atoms with Crippen molar-refractivity contribution >= 4 is 27.3 Å². The van der Waals surface area contributed by atoms with Crippen LogP contribution in [0.3, 0.4) is 0 Å². The first kappa shape index (κ1) is 26.0. The largest absolute Gasteiger partial charge is 0.333 e. The van der Waals surface area contributed by atoms with Crippen molar-refractivity contribution in [3.8, 4) is 0 Å². The molecule has 0 unspecified atom stereocenters. The maximum atomic E-state index is 13.3. The van der Waals surface area contributed by atoms with E-state index in [4.69, 9.17) is 11.6 Å². The molecule has 0 atom stereocenters. The second kappa shape index (κ2) is 10.7. The zero-order chi connectivity index (χ0) is 25.0. The van der Waals surface area contributed by atoms with Crippen LogP contribution in [0.2, 0.25) is 5.02 Å². The number of halogens is 1. The lowest BCUT2D eigenvalue weighted by Crippen LogP contribution is -2.34. The average molecular weight is 502 g/mol. The van der Waals surface area contributed by atoms with Gasteiger partial charge in [-0.25, -0.2) is 13.4 Å². The number of hydrogen-bond acceptors (Lipinski definition) is 4. The lowest BCUT2D eigenvalue weighted by Gasteiger charge is -2.26. The second-order valence-electron chi connectivity index (χ2n) is 9.33. The van der Waals surface area contributed by atoms with E-state index in [9.17, 15) is 13.2 Å². The fraction of sp³-hybridized carbons (Fsp3) is 0.385. The van der Waals surface area contributed by atoms with Gasteiger partial charge in [-0.1, -0.05) is 61.3 Å². The lowest BCUT2D eigenvalue weighted by molar-refractivity contribution is 0.0717. The van der Waals surface area contributed by atoms with Crippen molar-refractivity contribution < 1.29 is 13.2 Å². The topological polar surface area (TPSA) is 72.3 Å². The predicted molar refractivity (Wildman–Crippen MR) is 136 cm³/mol. The van der Waals surface area contributed by atoms with Crippen LogP contribution in [0.4, 0.5) is 0 Å². The molecule has 6 nitrogen and oxygen atoms in total. The highest BCUT2D eigenvalue weighted by molar-refractivity contribution is 7.90. The van der Waals surface area contributed by atoms with Gasteiger partial charge in [-0.2, -0.15) is 0 Å². The highest BCUT2D eigenvalue weighted by Gasteiger charge is 2.27. The van der Waals surface area contributed by atoms with Gasteiger partial charge >= 0.3 is 0 Å². The molecule has 1 heterocycles. The molecule has 0 aliphatic rings. The van der Waals surface area contributed by atoms with Crippen LogP contribution in [0.5, 0.6) is 0 Å². The van der Waals surface area contributed by atoms with Gasteiger partial charge in [0, 0.05) is 23.2 Å². The molecule has 0 radical (unpaired) electrons. The van der Waals surface area contributed by atoms with Crippen LogP contribution in [-0.2, 0) is 22.1 Å². The van der Waals surface area contributed by atoms with E-state index in [1.54, 1.807) is 39.9 Å². The Hall–Kier alpha value is -2.64. The van der Waals surface area contributed by atoms with E-state index in [0.717, 1.165) is 5.56 Å². The summed E-state index contributed by atoms with van der Waals surface area (Å²) in [5, 5.41) is 0.518. The van der Waals surface area contributed by atoms with E-state index < -0.39 is 9.84 Å². The zero-order valence-corrected chi connectivity index (χ0v) is 21.9. The number of imidazole rings is 1. The fourth-order valence-corrected chi connectivity index (χ4v) is 5.70. The quantitative estimate of drug-likeness (QED) is 0.377. The molecule has 0 N–H and O–H groups in total. The minimum atomic E-state index is -3.69. The molecule has 34 heavy (non-hydrogen) atoms. The molecule has 1 amide bonds. The Kier molecular flexibility index (Phi) is 8.21. The third-order valence-corrected chi connectivity index (χ3v) is 7.22. The molecule has 182 valence electrons. The summed E-state index contributed by atoms with van der Waals surface area (Å²) < 4.78 is 28.3. The molecule has 3 aromatic rings. The van der Waals surface area contributed by atoms with Crippen molar-refractivity contribution in [2.45, 2.75) is 58.1 Å². The van der Waals surface area contributed by atoms with Gasteiger partial charge in [0.15, 0.2) is 0 Å². The second-order valence-corrected chi connectivity index (χ2v) is 11.7. The standard InChI is InChI=1S/C26H32ClN3O3S/c1-18(2)15-29(25(31)22-7-6-8-23(27)13-22)16-24-14-28-26(30(24)19(3)4)34(32,33)17-21-11-9-20(5)10-12-21/h6-14,18-19H,15-17H2,1-5H3. The van der Waals surface area contributed by atoms with Crippen LogP contribution in [0.25, 0.3) is 0 Å². The van der Waals surface area contributed by atoms with Crippen molar-refractivity contribution in [3.05, 3.63) is 82.1 Å². The molecule has 0 aliphatic heterocycles. The third-order valence-electron chi connectivity index (χ3n) is 5.41. The number of rotatable bonds is 9. The van der Waals surface area contributed by atoms with Crippen molar-refractivity contribution in [3.63, 3.8) is 0 Å². The fourth-order valence-electron chi connectivity index (χ4n) is 3.90. The van der Waals surface area contributed by atoms with E-state index in [-0.39, 0.29) is 35.3 Å². The monoisotopic (exact) mass is 501 g/mol. The van der Waals surface area contributed by atoms with Crippen molar-refractivity contribution in [1.82, 2.24) is 14.5 Å². The van der Waals surface area contributed by atoms with Crippen LogP contribution < -0.4 is 0 Å². The zero-order valence-electron chi connectivity index (χ0n) is 20.3. The summed E-state index contributed by atoms with van der Waals surface area (Å²) in [6.07, 6.45) is 1.57. The van der Waals surface area contributed by atoms with E-state index in [1.807, 2.05) is 58.9 Å². The van der Waals surface area contributed by atoms with E-state index in [1.165, 1.54) is 0 Å². The van der Waals surface area contributed by atoms with Gasteiger partial charge in [0.05, 0.1) is 24.2 Å². The Morgan fingerprint density at radius 3 is 2.35 bits per heavy atom. The number of aromatic nitrogens is 2. The Bertz CT molecular complexity index is 1250. The number of carbonyl (C=O) groups excluding carboxylic acids is 1. The van der Waals surface area contributed by atoms with E-state index in [0.29, 0.717) is 28.4 Å². The molecule has 0 saturated heterocycles. The van der Waals surface area contributed by atoms with E-state index >= 15 is 0 Å². The molecule has 1 aromatic heterocycles. The van der Waals surface area contributed by atoms with Crippen molar-refractivity contribution in [2.75, 3.05) is 6.54 Å². The maximum Gasteiger partial charge on any atom is 0.254 e. The summed E-state index contributed by atoms with van der Waals surface area (Å²) in [5.74, 6) is -0.0618. The number of amides is 1. The maximum absolute atomic E-state index is 13.3. The van der Waals surface area contributed by atoms with Gasteiger partial charge in [-0.3, -0.25) is 4.79 Å². The summed E-state index contributed by atoms with van der Waals surface area (Å²) in [7, 11) is -3.69. The van der Waals surface area contributed by atoms with Gasteiger partial charge in [0.25, 0.3) is 5.91 Å². The third kappa shape index (κ3) is 6.27. The first-order valence-corrected chi connectivity index (χ1v) is 13.4. The number of aryl methyl sites for hydroxylation is 1. The van der Waals surface area contributed by atoms with Crippen LogP contribution >= 0.6 is 11.6 Å². The lowest BCUT2D eigenvalue weighted by atomic mass is 10.1. The Labute approximate surface area is 207 Å². The average Bonchev–Trinajstić information content (AvgIpc) is 3.19. The molecule has 3 rings (SSSR count). The van der Waals surface area contributed by atoms with Crippen LogP contribution in [0.1, 0.15) is 60.9 Å². The minimum Gasteiger partial charge on any atom is -0.333 e. The van der Waals surface area contributed by atoms with Gasteiger partial charge in [-0.05, 0) is 50.5 Å². The summed E-state index contributed by atoms with van der Waals surface area (Å²) in [4.78, 5) is 19.4. The van der Waals surface area contributed by atoms with E-state index in [2.05, 4.69) is 4.98 Å². The Balaban J connectivity index is 1.95. The normalized spacial score (nSPS) is 11.9. The van der Waals surface area contributed by atoms with Crippen LogP contribution in [0.15, 0.2) is 59.9 Å². The minimum absolute atomic E-state index is 0.0257. The number of sulfone groups is 1. The Morgan fingerprint density at radius 1 is 1.09 bits per heavy atom. The summed E-state index contributed by atoms with van der Waals surface area (Å²) in [6.45, 7) is 10.6. The summed E-state index contributed by atoms with van der Waals surface area (Å²) in [5.41, 5.74) is 2.95. The van der Waals surface area contributed by atoms with Crippen LogP contribution in [0, 0.1) is 12.8 Å². The molecular weight excluding hydrogens is 470 g/mol. The van der Waals surface area contributed by atoms with Gasteiger partial charge in [0.1, 0.15) is 0 Å². The molecule has 0 saturated carbocycles. The number of nitrogens with zero attached hydrogens (tertiary/aromatic N) is 3. The molecule has 0 spiro atoms. The van der Waals surface area contributed by atoms with Crippen molar-refractivity contribution in [1.29, 1.82) is 0 Å². The smallest absolute Gasteiger partial charge is 0.254 e. The highest BCUT2D eigenvalue weighted by Crippen LogP contribution is 2.24. The molecular formula is C26H32ClN3O3S. The number of carbonyl (C=O) groups is 1. The Morgan fingerprint density at radius 2 is 1.76 bits per heavy atom. The molecule has 0 fully saturated rings. The SMILES string of the molecule is Cc1ccc(CS(=O)(=O)c2ncc(CN(CC(C)C)C(=O)c3cccc(Cl)c3)n2C(C)C)cc1. The molecule has 2 aromatic carbocycles. The molecule has 0 aliphatic carbocycles. The highest BCUT2D eigenvalue weighted by atomic mass is 35.5. The van der Waals surface area contributed by atoms with Gasteiger partial charge in [0.2, 0.25) is 15.0 Å². The molecule has 8 heteroatoms. The van der Waals surface area contributed by atoms with Crippen molar-refractivity contribution in [2.24, 2.45) is 5.92 Å². The molecule has 0 bridgehead atoms. The summed E-state index contributed by atoms with van der Waals surface area (Å²) >= 11 is 6.10. The van der Waals surface area contributed by atoms with Crippen LogP contribution in [-0.4, -0.2) is 35.3 Å². The number of hydrogen-bond donors (Lipinski definition) is 0. The van der Waals surface area contributed by atoms with Gasteiger partial charge < -0.3 is 9.47 Å².